The number of nitrogens with one attached hydrogen (secondary N) is 2. The van der Waals surface area contributed by atoms with Crippen LogP contribution in [-0.2, 0) is 23.9 Å². The fraction of sp³-hybridized carbons (Fsp3) is 0.821. The fourth-order valence-corrected chi connectivity index (χ4v) is 5.05. The number of carbonyl (C=O) groups excluding carboxylic acids is 5. The van der Waals surface area contributed by atoms with Crippen LogP contribution < -0.4 is 16.4 Å². The lowest BCUT2D eigenvalue weighted by Gasteiger charge is -2.39. The van der Waals surface area contributed by atoms with Crippen LogP contribution in [0.25, 0.3) is 0 Å². The molecule has 10 heteroatoms. The van der Waals surface area contributed by atoms with Crippen LogP contribution in [0.1, 0.15) is 99.8 Å². The monoisotopic (exact) mass is 536 g/mol. The first-order valence-electron chi connectivity index (χ1n) is 13.9. The molecule has 2 unspecified atom stereocenters. The number of rotatable bonds is 11. The Kier molecular flexibility index (Phi) is 10.7. The van der Waals surface area contributed by atoms with E-state index in [-0.39, 0.29) is 11.8 Å². The third kappa shape index (κ3) is 9.27. The minimum absolute atomic E-state index is 0.231. The smallest absolute Gasteiger partial charge is 0.408 e. The number of ether oxygens (including phenoxy) is 1. The Morgan fingerprint density at radius 2 is 1.45 bits per heavy atom. The van der Waals surface area contributed by atoms with E-state index in [1.165, 1.54) is 4.90 Å². The van der Waals surface area contributed by atoms with E-state index in [0.29, 0.717) is 13.0 Å². The highest BCUT2D eigenvalue weighted by molar-refractivity contribution is 6.37. The van der Waals surface area contributed by atoms with Gasteiger partial charge in [0.05, 0.1) is 6.04 Å². The van der Waals surface area contributed by atoms with Crippen LogP contribution in [0.15, 0.2) is 0 Å². The van der Waals surface area contributed by atoms with Gasteiger partial charge in [-0.2, -0.15) is 0 Å². The first kappa shape index (κ1) is 31.6. The molecule has 0 radical (unpaired) electrons. The van der Waals surface area contributed by atoms with Crippen LogP contribution in [0, 0.1) is 17.3 Å². The van der Waals surface area contributed by atoms with Gasteiger partial charge in [-0.25, -0.2) is 4.79 Å². The summed E-state index contributed by atoms with van der Waals surface area (Å²) in [6, 6.07) is -2.90. The van der Waals surface area contributed by atoms with Crippen molar-refractivity contribution in [3.8, 4) is 0 Å². The molecule has 38 heavy (non-hydrogen) atoms. The van der Waals surface area contributed by atoms with Gasteiger partial charge in [-0.1, -0.05) is 52.9 Å². The summed E-state index contributed by atoms with van der Waals surface area (Å²) in [5.41, 5.74) is 3.85. The summed E-state index contributed by atoms with van der Waals surface area (Å²) < 4.78 is 5.41. The standard InChI is InChI=1S/C28H48N4O6/c1-17(24(35)30-20(21(33)23(29)34)15-18-13-10-14-18)32(16-19-11-8-9-12-19)25(36)22(27(2,3)4)31-26(37)38-28(5,6)7/h17-20,22H,8-16H2,1-7H3,(H2,29,34)(H,30,35)(H,31,37)/t17?,20?,22-/m1/s1. The second-order valence-electron chi connectivity index (χ2n) is 13.1. The number of nitrogens with two attached hydrogens (primary N) is 1. The van der Waals surface area contributed by atoms with Crippen molar-refractivity contribution in [3.05, 3.63) is 0 Å². The number of carbonyl (C=O) groups is 5. The van der Waals surface area contributed by atoms with Gasteiger partial charge in [0.2, 0.25) is 17.6 Å². The maximum atomic E-state index is 14.0. The third-order valence-electron chi connectivity index (χ3n) is 7.50. The molecule has 4 amide bonds. The molecule has 2 rings (SSSR count). The molecule has 2 aliphatic carbocycles. The Balaban J connectivity index is 2.29. The predicted octanol–water partition coefficient (Wildman–Crippen LogP) is 3.06. The number of hydrogen-bond acceptors (Lipinski definition) is 6. The van der Waals surface area contributed by atoms with Crippen molar-refractivity contribution in [2.45, 2.75) is 124 Å². The molecule has 0 bridgehead atoms. The molecule has 0 saturated heterocycles. The summed E-state index contributed by atoms with van der Waals surface area (Å²) in [6.07, 6.45) is 6.57. The number of hydrogen-bond donors (Lipinski definition) is 3. The van der Waals surface area contributed by atoms with Crippen molar-refractivity contribution < 1.29 is 28.7 Å². The molecule has 0 aromatic carbocycles. The van der Waals surface area contributed by atoms with Gasteiger partial charge >= 0.3 is 6.09 Å². The molecule has 2 saturated carbocycles. The van der Waals surface area contributed by atoms with E-state index in [2.05, 4.69) is 10.6 Å². The number of Topliss-reactive ketones (excluding diaryl/α,β-unsaturated/α-hetero) is 1. The minimum Gasteiger partial charge on any atom is -0.444 e. The zero-order valence-corrected chi connectivity index (χ0v) is 24.2. The summed E-state index contributed by atoms with van der Waals surface area (Å²) in [5.74, 6) is -2.36. The summed E-state index contributed by atoms with van der Waals surface area (Å²) in [6.45, 7) is 12.7. The summed E-state index contributed by atoms with van der Waals surface area (Å²) in [4.78, 5) is 65.8. The Morgan fingerprint density at radius 1 is 0.895 bits per heavy atom. The highest BCUT2D eigenvalue weighted by Crippen LogP contribution is 2.31. The molecule has 3 atom stereocenters. The van der Waals surface area contributed by atoms with Crippen molar-refractivity contribution in [2.24, 2.45) is 23.0 Å². The van der Waals surface area contributed by atoms with Crippen LogP contribution >= 0.6 is 0 Å². The lowest BCUT2D eigenvalue weighted by atomic mass is 9.80. The Bertz CT molecular complexity index is 881. The Labute approximate surface area is 227 Å². The van der Waals surface area contributed by atoms with E-state index in [0.717, 1.165) is 44.9 Å². The van der Waals surface area contributed by atoms with Crippen LogP contribution in [0.4, 0.5) is 4.79 Å². The molecule has 0 spiro atoms. The molecule has 2 aliphatic rings. The van der Waals surface area contributed by atoms with Crippen LogP contribution in [0.2, 0.25) is 0 Å². The zero-order valence-electron chi connectivity index (χ0n) is 24.2. The lowest BCUT2D eigenvalue weighted by Crippen LogP contribution is -2.61. The number of amides is 4. The van der Waals surface area contributed by atoms with Gasteiger partial charge in [0.25, 0.3) is 5.91 Å². The SMILES string of the molecule is CC(C(=O)NC(CC1CCC1)C(=O)C(N)=O)N(CC1CCCC1)C(=O)[C@@H](NC(=O)OC(C)(C)C)C(C)(C)C. The van der Waals surface area contributed by atoms with E-state index in [4.69, 9.17) is 10.5 Å². The molecular formula is C28H48N4O6. The second kappa shape index (κ2) is 12.9. The average molecular weight is 537 g/mol. The van der Waals surface area contributed by atoms with Crippen molar-refractivity contribution >= 4 is 29.6 Å². The molecular weight excluding hydrogens is 488 g/mol. The van der Waals surface area contributed by atoms with Crippen molar-refractivity contribution in [3.63, 3.8) is 0 Å². The number of nitrogens with zero attached hydrogens (tertiary/aromatic N) is 1. The van der Waals surface area contributed by atoms with Gasteiger partial charge in [-0.15, -0.1) is 0 Å². The number of ketones is 1. The van der Waals surface area contributed by atoms with Gasteiger partial charge in [-0.3, -0.25) is 19.2 Å². The van der Waals surface area contributed by atoms with Gasteiger partial charge in [0.1, 0.15) is 17.7 Å². The highest BCUT2D eigenvalue weighted by atomic mass is 16.6. The second-order valence-corrected chi connectivity index (χ2v) is 13.1. The first-order chi connectivity index (χ1) is 17.5. The van der Waals surface area contributed by atoms with Crippen molar-refractivity contribution in [1.29, 1.82) is 0 Å². The van der Waals surface area contributed by atoms with Crippen LogP contribution in [0.5, 0.6) is 0 Å². The largest absolute Gasteiger partial charge is 0.444 e. The molecule has 0 aromatic heterocycles. The van der Waals surface area contributed by atoms with Crippen molar-refractivity contribution in [2.75, 3.05) is 6.54 Å². The molecule has 10 nitrogen and oxygen atoms in total. The summed E-state index contributed by atoms with van der Waals surface area (Å²) >= 11 is 0. The number of alkyl carbamates (subject to hydrolysis) is 1. The fourth-order valence-electron chi connectivity index (χ4n) is 5.05. The van der Waals surface area contributed by atoms with E-state index >= 15 is 0 Å². The highest BCUT2D eigenvalue weighted by Gasteiger charge is 2.41. The van der Waals surface area contributed by atoms with E-state index < -0.39 is 58.7 Å². The molecule has 0 heterocycles. The van der Waals surface area contributed by atoms with Crippen LogP contribution in [-0.4, -0.2) is 64.8 Å². The molecule has 216 valence electrons. The van der Waals surface area contributed by atoms with E-state index in [1.807, 2.05) is 20.8 Å². The normalized spacial score (nSPS) is 19.0. The van der Waals surface area contributed by atoms with Gasteiger partial charge < -0.3 is 26.0 Å². The van der Waals surface area contributed by atoms with Gasteiger partial charge in [0.15, 0.2) is 0 Å². The average Bonchev–Trinajstić information content (AvgIpc) is 3.27. The predicted molar refractivity (Wildman–Crippen MR) is 144 cm³/mol. The molecule has 4 N–H and O–H groups in total. The zero-order chi connectivity index (χ0) is 28.8. The van der Waals surface area contributed by atoms with E-state index in [9.17, 15) is 24.0 Å². The summed E-state index contributed by atoms with van der Waals surface area (Å²) in [7, 11) is 0. The van der Waals surface area contributed by atoms with E-state index in [1.54, 1.807) is 27.7 Å². The van der Waals surface area contributed by atoms with Gasteiger partial charge in [-0.05, 0) is 64.2 Å². The maximum Gasteiger partial charge on any atom is 0.408 e. The third-order valence-corrected chi connectivity index (χ3v) is 7.50. The van der Waals surface area contributed by atoms with Crippen molar-refractivity contribution in [1.82, 2.24) is 15.5 Å². The molecule has 0 aromatic rings. The Morgan fingerprint density at radius 3 is 1.89 bits per heavy atom. The Hall–Kier alpha value is -2.65. The van der Waals surface area contributed by atoms with Crippen LogP contribution in [0.3, 0.4) is 0 Å². The summed E-state index contributed by atoms with van der Waals surface area (Å²) in [5, 5.41) is 5.44. The van der Waals surface area contributed by atoms with Gasteiger partial charge in [0, 0.05) is 6.54 Å². The topological polar surface area (TPSA) is 148 Å². The minimum atomic E-state index is -1.09. The first-order valence-corrected chi connectivity index (χ1v) is 13.9. The maximum absolute atomic E-state index is 14.0. The quantitative estimate of drug-likeness (QED) is 0.346. The molecule has 0 aliphatic heterocycles. The molecule has 2 fully saturated rings. The lowest BCUT2D eigenvalue weighted by molar-refractivity contribution is -0.145. The number of primary amides is 1.